The zero-order valence-electron chi connectivity index (χ0n) is 16.6. The number of nitrogens with zero attached hydrogens (tertiary/aromatic N) is 2. The monoisotopic (exact) mass is 390 g/mol. The van der Waals surface area contributed by atoms with E-state index in [2.05, 4.69) is 41.1 Å². The molecular formula is C22H26N6O. The van der Waals surface area contributed by atoms with E-state index in [9.17, 15) is 10.1 Å². The third-order valence-corrected chi connectivity index (χ3v) is 6.67. The van der Waals surface area contributed by atoms with E-state index in [0.29, 0.717) is 46.7 Å². The van der Waals surface area contributed by atoms with Gasteiger partial charge in [0, 0.05) is 29.9 Å². The van der Waals surface area contributed by atoms with Crippen LogP contribution in [-0.2, 0) is 6.54 Å². The Kier molecular flexibility index (Phi) is 4.32. The zero-order valence-corrected chi connectivity index (χ0v) is 16.6. The van der Waals surface area contributed by atoms with Gasteiger partial charge in [-0.2, -0.15) is 5.26 Å². The zero-order chi connectivity index (χ0) is 20.1. The molecule has 3 aliphatic carbocycles. The van der Waals surface area contributed by atoms with Crippen molar-refractivity contribution < 1.29 is 4.79 Å². The molecule has 0 saturated heterocycles. The van der Waals surface area contributed by atoms with Crippen LogP contribution in [0.3, 0.4) is 0 Å². The third kappa shape index (κ3) is 3.18. The van der Waals surface area contributed by atoms with E-state index in [-0.39, 0.29) is 18.0 Å². The highest BCUT2D eigenvalue weighted by atomic mass is 16.1. The number of carbonyl (C=O) groups is 1. The lowest BCUT2D eigenvalue weighted by molar-refractivity contribution is 0.0966. The van der Waals surface area contributed by atoms with Gasteiger partial charge in [0.15, 0.2) is 0 Å². The number of carbonyl (C=O) groups excluding carboxylic acids is 1. The van der Waals surface area contributed by atoms with Gasteiger partial charge in [0.2, 0.25) is 0 Å². The van der Waals surface area contributed by atoms with Crippen LogP contribution in [0.25, 0.3) is 0 Å². The fourth-order valence-electron chi connectivity index (χ4n) is 4.91. The Morgan fingerprint density at radius 2 is 2.14 bits per heavy atom. The summed E-state index contributed by atoms with van der Waals surface area (Å²) >= 11 is 0. The van der Waals surface area contributed by atoms with Gasteiger partial charge in [-0.1, -0.05) is 24.5 Å². The van der Waals surface area contributed by atoms with E-state index in [1.807, 2.05) is 0 Å². The maximum atomic E-state index is 12.5. The number of hydrogen-bond donors (Lipinski definition) is 4. The number of pyridine rings is 1. The second-order valence-corrected chi connectivity index (χ2v) is 8.67. The van der Waals surface area contributed by atoms with Crippen molar-refractivity contribution in [1.29, 1.82) is 5.26 Å². The smallest absolute Gasteiger partial charge is 0.255 e. The third-order valence-electron chi connectivity index (χ3n) is 6.67. The van der Waals surface area contributed by atoms with Crippen molar-refractivity contribution in [2.45, 2.75) is 57.7 Å². The number of nitrogens with one attached hydrogen (secondary N) is 3. The lowest BCUT2D eigenvalue weighted by atomic mass is 9.91. The van der Waals surface area contributed by atoms with E-state index in [0.717, 1.165) is 31.4 Å². The van der Waals surface area contributed by atoms with Gasteiger partial charge in [0.25, 0.3) is 5.91 Å². The molecule has 2 unspecified atom stereocenters. The van der Waals surface area contributed by atoms with Crippen molar-refractivity contribution >= 4 is 17.5 Å². The Hall–Kier alpha value is -2.85. The normalized spacial score (nSPS) is 29.6. The Morgan fingerprint density at radius 1 is 1.31 bits per heavy atom. The highest BCUT2D eigenvalue weighted by Gasteiger charge is 2.39. The van der Waals surface area contributed by atoms with E-state index in [1.54, 1.807) is 0 Å². The SMILES string of the molecule is CC1=CC(Nc2nc(N[C@@H]3CCCC[C@@H]3N)c(C#N)c3c2C(=O)NC3)=CC2CC12. The molecule has 0 radical (unpaired) electrons. The molecule has 1 aromatic heterocycles. The maximum Gasteiger partial charge on any atom is 0.255 e. The Morgan fingerprint density at radius 3 is 2.90 bits per heavy atom. The van der Waals surface area contributed by atoms with Crippen molar-refractivity contribution in [3.8, 4) is 6.07 Å². The number of amides is 1. The quantitative estimate of drug-likeness (QED) is 0.628. The predicted octanol–water partition coefficient (Wildman–Crippen LogP) is 2.77. The molecule has 1 amide bonds. The van der Waals surface area contributed by atoms with E-state index in [4.69, 9.17) is 10.7 Å². The molecule has 0 bridgehead atoms. The van der Waals surface area contributed by atoms with Crippen LogP contribution in [0, 0.1) is 23.2 Å². The lowest BCUT2D eigenvalue weighted by Gasteiger charge is -2.30. The van der Waals surface area contributed by atoms with Crippen LogP contribution in [0.1, 0.15) is 60.5 Å². The van der Waals surface area contributed by atoms with Gasteiger partial charge in [-0.15, -0.1) is 0 Å². The largest absolute Gasteiger partial charge is 0.365 e. The molecule has 2 saturated carbocycles. The molecule has 7 nitrogen and oxygen atoms in total. The minimum absolute atomic E-state index is 0.0416. The highest BCUT2D eigenvalue weighted by Crippen LogP contribution is 2.48. The van der Waals surface area contributed by atoms with E-state index in [1.165, 1.54) is 12.0 Å². The topological polar surface area (TPSA) is 116 Å². The number of fused-ring (bicyclic) bond motifs is 2. The molecule has 4 atom stereocenters. The lowest BCUT2D eigenvalue weighted by Crippen LogP contribution is -2.43. The molecule has 2 heterocycles. The molecule has 0 spiro atoms. The molecule has 5 rings (SSSR count). The van der Waals surface area contributed by atoms with Gasteiger partial charge in [-0.3, -0.25) is 4.79 Å². The molecule has 7 heteroatoms. The van der Waals surface area contributed by atoms with Crippen LogP contribution in [0.2, 0.25) is 0 Å². The summed E-state index contributed by atoms with van der Waals surface area (Å²) in [5, 5.41) is 19.5. The number of hydrogen-bond acceptors (Lipinski definition) is 6. The first-order chi connectivity index (χ1) is 14.0. The molecule has 1 aromatic rings. The number of aromatic nitrogens is 1. The van der Waals surface area contributed by atoms with E-state index < -0.39 is 0 Å². The average Bonchev–Trinajstić information content (AvgIpc) is 3.38. The minimum Gasteiger partial charge on any atom is -0.365 e. The second kappa shape index (κ2) is 6.89. The van der Waals surface area contributed by atoms with Gasteiger partial charge in [0.05, 0.1) is 5.56 Å². The Balaban J connectivity index is 1.53. The van der Waals surface area contributed by atoms with Gasteiger partial charge in [-0.05, 0) is 44.1 Å². The molecule has 29 heavy (non-hydrogen) atoms. The van der Waals surface area contributed by atoms with Crippen molar-refractivity contribution in [2.24, 2.45) is 17.6 Å². The summed E-state index contributed by atoms with van der Waals surface area (Å²) in [5.41, 5.74) is 10.3. The Labute approximate surface area is 170 Å². The number of rotatable bonds is 4. The molecule has 4 aliphatic rings. The number of allylic oxidation sites excluding steroid dienone is 3. The fourth-order valence-corrected chi connectivity index (χ4v) is 4.91. The van der Waals surface area contributed by atoms with Crippen LogP contribution in [-0.4, -0.2) is 23.0 Å². The first-order valence-corrected chi connectivity index (χ1v) is 10.5. The van der Waals surface area contributed by atoms with Crippen molar-refractivity contribution in [3.63, 3.8) is 0 Å². The van der Waals surface area contributed by atoms with Crippen LogP contribution in [0.15, 0.2) is 23.4 Å². The number of nitriles is 1. The van der Waals surface area contributed by atoms with Crippen LogP contribution in [0.4, 0.5) is 11.6 Å². The standard InChI is InChI=1S/C22H26N6O/c1-11-6-13(7-12-8-14(11)12)26-21-19-16(10-25-22(19)29)15(9-23)20(28-21)27-18-5-3-2-4-17(18)24/h6-7,12,14,17-18H,2-5,8,10,24H2,1H3,(H,25,29)(H2,26,27,28)/t12?,14?,17-,18+/m0/s1. The summed E-state index contributed by atoms with van der Waals surface area (Å²) in [4.78, 5) is 17.2. The summed E-state index contributed by atoms with van der Waals surface area (Å²) in [6.45, 7) is 2.50. The number of nitrogens with two attached hydrogens (primary N) is 1. The second-order valence-electron chi connectivity index (χ2n) is 8.67. The molecule has 2 fully saturated rings. The molecular weight excluding hydrogens is 364 g/mol. The molecule has 0 aromatic carbocycles. The fraction of sp³-hybridized carbons (Fsp3) is 0.500. The van der Waals surface area contributed by atoms with Gasteiger partial charge in [0.1, 0.15) is 23.3 Å². The van der Waals surface area contributed by atoms with Crippen LogP contribution in [0.5, 0.6) is 0 Å². The highest BCUT2D eigenvalue weighted by molar-refractivity contribution is 6.04. The first-order valence-electron chi connectivity index (χ1n) is 10.5. The van der Waals surface area contributed by atoms with Crippen LogP contribution >= 0.6 is 0 Å². The molecule has 1 aliphatic heterocycles. The molecule has 150 valence electrons. The summed E-state index contributed by atoms with van der Waals surface area (Å²) < 4.78 is 0. The summed E-state index contributed by atoms with van der Waals surface area (Å²) in [5.74, 6) is 2.10. The maximum absolute atomic E-state index is 12.5. The van der Waals surface area contributed by atoms with Crippen molar-refractivity contribution in [3.05, 3.63) is 40.1 Å². The van der Waals surface area contributed by atoms with Crippen molar-refractivity contribution in [2.75, 3.05) is 10.6 Å². The van der Waals surface area contributed by atoms with E-state index >= 15 is 0 Å². The van der Waals surface area contributed by atoms with Gasteiger partial charge < -0.3 is 21.7 Å². The summed E-state index contributed by atoms with van der Waals surface area (Å²) in [6, 6.07) is 2.39. The Bertz CT molecular complexity index is 988. The van der Waals surface area contributed by atoms with Gasteiger partial charge in [-0.25, -0.2) is 4.98 Å². The summed E-state index contributed by atoms with van der Waals surface area (Å²) in [7, 11) is 0. The minimum atomic E-state index is -0.186. The van der Waals surface area contributed by atoms with Crippen LogP contribution < -0.4 is 21.7 Å². The first kappa shape index (κ1) is 18.2. The molecule has 5 N–H and O–H groups in total. The average molecular weight is 390 g/mol. The predicted molar refractivity (Wildman–Crippen MR) is 111 cm³/mol. The summed E-state index contributed by atoms with van der Waals surface area (Å²) in [6.07, 6.45) is 9.73. The van der Waals surface area contributed by atoms with Gasteiger partial charge >= 0.3 is 0 Å². The van der Waals surface area contributed by atoms with Crippen molar-refractivity contribution in [1.82, 2.24) is 10.3 Å². The number of anilines is 2.